The number of fused-ring (bicyclic) bond motifs is 1. The molecule has 0 amide bonds. The number of benzene rings is 1. The SMILES string of the molecule is Brc1cccc(N2[NH2+]Nc3ccc[nH+]c32)c1. The van der Waals surface area contributed by atoms with E-state index in [0.717, 1.165) is 21.7 Å². The number of nitrogens with one attached hydrogen (secondary N) is 2. The fourth-order valence-corrected chi connectivity index (χ4v) is 2.16. The number of hydrogen-bond acceptors (Lipinski definition) is 2. The van der Waals surface area contributed by atoms with Crippen molar-refractivity contribution in [3.63, 3.8) is 0 Å². The van der Waals surface area contributed by atoms with Gasteiger partial charge in [-0.15, -0.1) is 0 Å². The molecule has 0 atom stereocenters. The Kier molecular flexibility index (Phi) is 2.27. The smallest absolute Gasteiger partial charge is 0.241 e. The summed E-state index contributed by atoms with van der Waals surface area (Å²) in [6, 6.07) is 12.2. The lowest BCUT2D eigenvalue weighted by Crippen LogP contribution is -2.94. The van der Waals surface area contributed by atoms with E-state index >= 15 is 0 Å². The lowest BCUT2D eigenvalue weighted by atomic mass is 10.3. The first-order valence-corrected chi connectivity index (χ1v) is 5.79. The van der Waals surface area contributed by atoms with Crippen molar-refractivity contribution < 1.29 is 10.5 Å². The van der Waals surface area contributed by atoms with Crippen LogP contribution in [0.4, 0.5) is 17.2 Å². The molecule has 1 aromatic carbocycles. The van der Waals surface area contributed by atoms with Gasteiger partial charge in [0.05, 0.1) is 6.20 Å². The summed E-state index contributed by atoms with van der Waals surface area (Å²) in [7, 11) is 0. The van der Waals surface area contributed by atoms with Crippen molar-refractivity contribution >= 4 is 33.1 Å². The minimum Gasteiger partial charge on any atom is -0.241 e. The molecule has 0 saturated carbocycles. The van der Waals surface area contributed by atoms with E-state index in [4.69, 9.17) is 0 Å². The van der Waals surface area contributed by atoms with Crippen molar-refractivity contribution in [1.82, 2.24) is 0 Å². The number of quaternary nitrogens is 1. The zero-order chi connectivity index (χ0) is 11.0. The van der Waals surface area contributed by atoms with Gasteiger partial charge in [-0.2, -0.15) is 5.43 Å². The van der Waals surface area contributed by atoms with Gasteiger partial charge in [0.1, 0.15) is 0 Å². The number of nitrogen functional groups attached to an aromatic ring is 1. The average molecular weight is 279 g/mol. The van der Waals surface area contributed by atoms with Crippen LogP contribution in [-0.2, 0) is 0 Å². The Labute approximate surface area is 101 Å². The van der Waals surface area contributed by atoms with Crippen molar-refractivity contribution in [2.75, 3.05) is 10.4 Å². The van der Waals surface area contributed by atoms with Gasteiger partial charge in [-0.25, -0.2) is 4.98 Å². The molecule has 16 heavy (non-hydrogen) atoms. The summed E-state index contributed by atoms with van der Waals surface area (Å²) >= 11 is 3.48. The summed E-state index contributed by atoms with van der Waals surface area (Å²) in [5.74, 6) is 1.06. The zero-order valence-electron chi connectivity index (χ0n) is 8.44. The largest absolute Gasteiger partial charge is 0.360 e. The van der Waals surface area contributed by atoms with Crippen molar-refractivity contribution in [3.05, 3.63) is 47.1 Å². The highest BCUT2D eigenvalue weighted by Gasteiger charge is 2.33. The van der Waals surface area contributed by atoms with Gasteiger partial charge in [-0.05, 0) is 29.3 Å². The number of hydrogen-bond donors (Lipinski definition) is 2. The quantitative estimate of drug-likeness (QED) is 0.771. The second-order valence-corrected chi connectivity index (χ2v) is 4.47. The van der Waals surface area contributed by atoms with Crippen LogP contribution < -0.4 is 21.0 Å². The van der Waals surface area contributed by atoms with Gasteiger partial charge in [0.25, 0.3) is 0 Å². The van der Waals surface area contributed by atoms with E-state index in [9.17, 15) is 0 Å². The normalized spacial score (nSPS) is 13.4. The summed E-state index contributed by atoms with van der Waals surface area (Å²) in [6.07, 6.45) is 1.92. The summed E-state index contributed by atoms with van der Waals surface area (Å²) in [5, 5.41) is 2.08. The van der Waals surface area contributed by atoms with E-state index < -0.39 is 0 Å². The van der Waals surface area contributed by atoms with Gasteiger partial charge in [-0.3, -0.25) is 0 Å². The van der Waals surface area contributed by atoms with Crippen LogP contribution in [-0.4, -0.2) is 0 Å². The maximum Gasteiger partial charge on any atom is 0.360 e. The molecule has 0 radical (unpaired) electrons. The van der Waals surface area contributed by atoms with Gasteiger partial charge in [0, 0.05) is 10.5 Å². The number of anilines is 3. The first-order valence-electron chi connectivity index (χ1n) is 5.00. The molecule has 1 aliphatic heterocycles. The molecule has 0 aliphatic carbocycles. The summed E-state index contributed by atoms with van der Waals surface area (Å²) < 4.78 is 1.07. The summed E-state index contributed by atoms with van der Waals surface area (Å²) in [4.78, 5) is 3.23. The Balaban J connectivity index is 2.05. The van der Waals surface area contributed by atoms with Crippen molar-refractivity contribution in [1.29, 1.82) is 0 Å². The highest BCUT2D eigenvalue weighted by atomic mass is 79.9. The average Bonchev–Trinajstić information content (AvgIpc) is 2.72. The molecule has 4 nitrogen and oxygen atoms in total. The van der Waals surface area contributed by atoms with Crippen LogP contribution in [0.1, 0.15) is 0 Å². The monoisotopic (exact) mass is 278 g/mol. The van der Waals surface area contributed by atoms with E-state index in [-0.39, 0.29) is 0 Å². The molecule has 5 heteroatoms. The van der Waals surface area contributed by atoms with Gasteiger partial charge < -0.3 is 0 Å². The lowest BCUT2D eigenvalue weighted by Gasteiger charge is -2.04. The number of halogens is 1. The summed E-state index contributed by atoms with van der Waals surface area (Å²) in [5.41, 5.74) is 7.37. The van der Waals surface area contributed by atoms with Crippen LogP contribution >= 0.6 is 15.9 Å². The van der Waals surface area contributed by atoms with Crippen LogP contribution in [0.3, 0.4) is 0 Å². The van der Waals surface area contributed by atoms with Gasteiger partial charge in [0.15, 0.2) is 11.4 Å². The number of pyridine rings is 1. The Morgan fingerprint density at radius 2 is 2.19 bits per heavy atom. The number of nitrogens with zero attached hydrogens (tertiary/aromatic N) is 1. The van der Waals surface area contributed by atoms with E-state index in [1.807, 2.05) is 36.0 Å². The third-order valence-electron chi connectivity index (χ3n) is 2.51. The zero-order valence-corrected chi connectivity index (χ0v) is 10.0. The van der Waals surface area contributed by atoms with Crippen molar-refractivity contribution in [2.24, 2.45) is 0 Å². The topological polar surface area (TPSA) is 46.0 Å². The summed E-state index contributed by atoms with van der Waals surface area (Å²) in [6.45, 7) is 0. The van der Waals surface area contributed by atoms with Gasteiger partial charge in [0.2, 0.25) is 0 Å². The Hall–Kier alpha value is -1.59. The number of H-pyrrole nitrogens is 1. The molecule has 0 bridgehead atoms. The number of aromatic amines is 1. The predicted octanol–water partition coefficient (Wildman–Crippen LogP) is 1.22. The van der Waals surface area contributed by atoms with Crippen LogP contribution in [0, 0.1) is 0 Å². The molecule has 4 N–H and O–H groups in total. The number of rotatable bonds is 1. The number of nitrogens with two attached hydrogens (primary N) is 1. The first-order chi connectivity index (χ1) is 7.84. The Bertz CT molecular complexity index is 529. The Morgan fingerprint density at radius 1 is 1.25 bits per heavy atom. The fraction of sp³-hybridized carbons (Fsp3) is 0. The van der Waals surface area contributed by atoms with E-state index in [1.54, 1.807) is 0 Å². The highest BCUT2D eigenvalue weighted by Crippen LogP contribution is 2.27. The van der Waals surface area contributed by atoms with Crippen LogP contribution in [0.25, 0.3) is 0 Å². The molecule has 1 aliphatic rings. The van der Waals surface area contributed by atoms with Crippen LogP contribution in [0.5, 0.6) is 0 Å². The first kappa shape index (κ1) is 9.62. The third-order valence-corrected chi connectivity index (χ3v) is 3.00. The van der Waals surface area contributed by atoms with Crippen LogP contribution in [0.2, 0.25) is 0 Å². The third kappa shape index (κ3) is 1.54. The fourth-order valence-electron chi connectivity index (χ4n) is 1.77. The maximum atomic E-state index is 3.48. The molecule has 80 valence electrons. The molecule has 2 heterocycles. The van der Waals surface area contributed by atoms with Crippen LogP contribution in [0.15, 0.2) is 47.1 Å². The second-order valence-electron chi connectivity index (χ2n) is 3.56. The predicted molar refractivity (Wildman–Crippen MR) is 64.8 cm³/mol. The highest BCUT2D eigenvalue weighted by molar-refractivity contribution is 9.10. The lowest BCUT2D eigenvalue weighted by molar-refractivity contribution is -0.628. The second kappa shape index (κ2) is 3.77. The molecule has 0 spiro atoms. The molecule has 0 unspecified atom stereocenters. The van der Waals surface area contributed by atoms with Gasteiger partial charge in [-0.1, -0.05) is 27.5 Å². The molecule has 2 aromatic rings. The van der Waals surface area contributed by atoms with E-state index in [1.165, 1.54) is 0 Å². The molecule has 1 aromatic heterocycles. The van der Waals surface area contributed by atoms with Crippen molar-refractivity contribution in [2.45, 2.75) is 0 Å². The Morgan fingerprint density at radius 3 is 3.06 bits per heavy atom. The molecule has 0 fully saturated rings. The molecule has 3 rings (SSSR count). The van der Waals surface area contributed by atoms with Crippen molar-refractivity contribution in [3.8, 4) is 0 Å². The minimum absolute atomic E-state index is 1.06. The number of aromatic nitrogens is 1. The standard InChI is InChI=1S/C11H9BrN4/c12-8-3-1-4-9(7-8)16-11-10(14-15-16)5-2-6-13-11/h1-7,14-15H/p+2. The minimum atomic E-state index is 1.06. The molecule has 0 saturated heterocycles. The maximum absolute atomic E-state index is 3.48. The molecular formula is C11H11BrN4+2. The molecular weight excluding hydrogens is 268 g/mol. The van der Waals surface area contributed by atoms with E-state index in [0.29, 0.717) is 0 Å². The van der Waals surface area contributed by atoms with E-state index in [2.05, 4.69) is 43.5 Å². The van der Waals surface area contributed by atoms with Gasteiger partial charge >= 0.3 is 5.82 Å².